The molecule has 0 radical (unpaired) electrons. The van der Waals surface area contributed by atoms with Gasteiger partial charge in [-0.25, -0.2) is 0 Å². The van der Waals surface area contributed by atoms with Crippen molar-refractivity contribution in [2.24, 2.45) is 4.99 Å². The second-order valence-electron chi connectivity index (χ2n) is 3.11. The molecule has 0 fully saturated rings. The summed E-state index contributed by atoms with van der Waals surface area (Å²) in [5, 5.41) is 21.7. The fraction of sp³-hybridized carbons (Fsp3) is 0.300. The molecule has 0 heterocycles. The van der Waals surface area contributed by atoms with Gasteiger partial charge < -0.3 is 10.2 Å². The Labute approximate surface area is 109 Å². The first-order valence-electron chi connectivity index (χ1n) is 4.44. The molecule has 2 atom stereocenters. The van der Waals surface area contributed by atoms with Gasteiger partial charge in [0.2, 0.25) is 0 Å². The van der Waals surface area contributed by atoms with Crippen LogP contribution in [0.1, 0.15) is 11.7 Å². The summed E-state index contributed by atoms with van der Waals surface area (Å²) < 4.78 is 0. The van der Waals surface area contributed by atoms with Crippen molar-refractivity contribution in [3.63, 3.8) is 0 Å². The number of benzene rings is 1. The number of aliphatic hydroxyl groups excluding tert-OH is 2. The van der Waals surface area contributed by atoms with Crippen LogP contribution < -0.4 is 0 Å². The fourth-order valence-electron chi connectivity index (χ4n) is 1.17. The highest BCUT2D eigenvalue weighted by Gasteiger charge is 2.17. The van der Waals surface area contributed by atoms with Crippen LogP contribution in [0.25, 0.3) is 0 Å². The predicted octanol–water partition coefficient (Wildman–Crippen LogP) is 2.40. The molecule has 0 saturated heterocycles. The maximum absolute atomic E-state index is 9.71. The molecule has 3 nitrogen and oxygen atoms in total. The number of hydrogen-bond acceptors (Lipinski definition) is 5. The molecule has 0 amide bonds. The van der Waals surface area contributed by atoms with Crippen molar-refractivity contribution in [3.05, 3.63) is 28.8 Å². The summed E-state index contributed by atoms with van der Waals surface area (Å²) in [6, 6.07) is 4.75. The van der Waals surface area contributed by atoms with E-state index < -0.39 is 12.2 Å². The number of rotatable bonds is 4. The average Bonchev–Trinajstić information content (AvgIpc) is 2.30. The van der Waals surface area contributed by atoms with Crippen molar-refractivity contribution in [1.82, 2.24) is 0 Å². The van der Waals surface area contributed by atoms with Crippen LogP contribution in [-0.4, -0.2) is 27.2 Å². The maximum atomic E-state index is 9.71. The van der Waals surface area contributed by atoms with Crippen LogP contribution in [-0.2, 0) is 0 Å². The maximum Gasteiger partial charge on any atom is 0.106 e. The van der Waals surface area contributed by atoms with Gasteiger partial charge in [0.05, 0.1) is 22.0 Å². The van der Waals surface area contributed by atoms with E-state index >= 15 is 0 Å². The van der Waals surface area contributed by atoms with Crippen molar-refractivity contribution < 1.29 is 10.2 Å². The van der Waals surface area contributed by atoms with E-state index in [0.29, 0.717) is 16.3 Å². The van der Waals surface area contributed by atoms with E-state index in [0.717, 1.165) is 0 Å². The zero-order valence-corrected chi connectivity index (χ0v) is 10.6. The van der Waals surface area contributed by atoms with E-state index in [2.05, 4.69) is 35.0 Å². The lowest BCUT2D eigenvalue weighted by Crippen LogP contribution is -2.19. The zero-order valence-electron chi connectivity index (χ0n) is 8.17. The van der Waals surface area contributed by atoms with Crippen LogP contribution in [0.4, 0.5) is 5.69 Å². The first kappa shape index (κ1) is 13.6. The Morgan fingerprint density at radius 2 is 2.19 bits per heavy atom. The SMILES string of the molecule is OC(CS)C(O)c1ccc(N=C=S)c(Cl)c1. The third kappa shape index (κ3) is 3.28. The summed E-state index contributed by atoms with van der Waals surface area (Å²) in [5.41, 5.74) is 0.989. The minimum Gasteiger partial charge on any atom is -0.389 e. The van der Waals surface area contributed by atoms with E-state index in [1.54, 1.807) is 12.1 Å². The lowest BCUT2D eigenvalue weighted by molar-refractivity contribution is 0.0338. The molecule has 0 aromatic heterocycles. The summed E-state index contributed by atoms with van der Waals surface area (Å²) in [4.78, 5) is 3.75. The minimum atomic E-state index is -1.01. The van der Waals surface area contributed by atoms with E-state index in [1.807, 2.05) is 0 Å². The van der Waals surface area contributed by atoms with E-state index in [-0.39, 0.29) is 5.75 Å². The number of nitrogens with zero attached hydrogens (tertiary/aromatic N) is 1. The van der Waals surface area contributed by atoms with E-state index in [4.69, 9.17) is 11.6 Å². The Hall–Kier alpha value is -0.420. The van der Waals surface area contributed by atoms with E-state index in [1.165, 1.54) is 6.07 Å². The second kappa shape index (κ2) is 6.35. The predicted molar refractivity (Wildman–Crippen MR) is 71.0 cm³/mol. The number of aliphatic hydroxyl groups is 2. The van der Waals surface area contributed by atoms with Crippen molar-refractivity contribution in [2.45, 2.75) is 12.2 Å². The Morgan fingerprint density at radius 3 is 2.69 bits per heavy atom. The van der Waals surface area contributed by atoms with Crippen LogP contribution >= 0.6 is 36.4 Å². The molecule has 0 aliphatic heterocycles. The summed E-state index contributed by atoms with van der Waals surface area (Å²) in [5.74, 6) is 0.165. The first-order valence-corrected chi connectivity index (χ1v) is 5.86. The average molecular weight is 276 g/mol. The molecule has 86 valence electrons. The fourth-order valence-corrected chi connectivity index (χ4v) is 1.70. The standard InChI is InChI=1S/C10H10ClNO2S2/c11-7-3-6(10(14)9(13)4-15)1-2-8(7)12-5-16/h1-3,9-10,13-15H,4H2. The molecule has 0 aliphatic rings. The molecule has 2 N–H and O–H groups in total. The van der Waals surface area contributed by atoms with Gasteiger partial charge in [0.1, 0.15) is 6.10 Å². The van der Waals surface area contributed by atoms with Crippen LogP contribution in [0.2, 0.25) is 5.02 Å². The third-order valence-electron chi connectivity index (χ3n) is 2.03. The normalized spacial score (nSPS) is 14.0. The number of thiocarbonyl (C=S) groups is 1. The first-order chi connectivity index (χ1) is 7.60. The Kier molecular flexibility index (Phi) is 5.41. The summed E-state index contributed by atoms with van der Waals surface area (Å²) in [7, 11) is 0. The topological polar surface area (TPSA) is 52.8 Å². The van der Waals surface area contributed by atoms with Gasteiger partial charge in [-0.05, 0) is 29.9 Å². The lowest BCUT2D eigenvalue weighted by atomic mass is 10.1. The molecular formula is C10H10ClNO2S2. The Balaban J connectivity index is 3.01. The van der Waals surface area contributed by atoms with Gasteiger partial charge in [-0.15, -0.1) is 0 Å². The zero-order chi connectivity index (χ0) is 12.1. The molecule has 1 aromatic carbocycles. The van der Waals surface area contributed by atoms with Crippen molar-refractivity contribution >= 4 is 47.3 Å². The highest BCUT2D eigenvalue weighted by Crippen LogP contribution is 2.29. The molecule has 6 heteroatoms. The van der Waals surface area contributed by atoms with Crippen molar-refractivity contribution in [3.8, 4) is 0 Å². The molecule has 2 unspecified atom stereocenters. The summed E-state index contributed by atoms with van der Waals surface area (Å²) >= 11 is 14.3. The largest absolute Gasteiger partial charge is 0.389 e. The number of thiol groups is 1. The molecule has 1 aromatic rings. The Bertz CT molecular complexity index is 421. The molecule has 0 aliphatic carbocycles. The number of aliphatic imine (C=N–C) groups is 1. The van der Waals surface area contributed by atoms with Gasteiger partial charge in [0.15, 0.2) is 0 Å². The Morgan fingerprint density at radius 1 is 1.50 bits per heavy atom. The highest BCUT2D eigenvalue weighted by atomic mass is 35.5. The lowest BCUT2D eigenvalue weighted by Gasteiger charge is -2.16. The second-order valence-corrected chi connectivity index (χ2v) is 4.06. The quantitative estimate of drug-likeness (QED) is 0.449. The van der Waals surface area contributed by atoms with Crippen LogP contribution in [0, 0.1) is 0 Å². The molecule has 0 bridgehead atoms. The third-order valence-corrected chi connectivity index (χ3v) is 2.80. The number of isothiocyanates is 1. The van der Waals surface area contributed by atoms with Crippen LogP contribution in [0.3, 0.4) is 0 Å². The molecule has 16 heavy (non-hydrogen) atoms. The number of halogens is 1. The number of hydrogen-bond donors (Lipinski definition) is 3. The molecule has 1 rings (SSSR count). The van der Waals surface area contributed by atoms with Gasteiger partial charge in [0, 0.05) is 5.75 Å². The van der Waals surface area contributed by atoms with Gasteiger partial charge in [-0.1, -0.05) is 17.7 Å². The van der Waals surface area contributed by atoms with Crippen LogP contribution in [0.15, 0.2) is 23.2 Å². The summed E-state index contributed by atoms with van der Waals surface area (Å²) in [6.07, 6.45) is -1.94. The summed E-state index contributed by atoms with van der Waals surface area (Å²) in [6.45, 7) is 0. The van der Waals surface area contributed by atoms with Gasteiger partial charge in [0.25, 0.3) is 0 Å². The van der Waals surface area contributed by atoms with Gasteiger partial charge >= 0.3 is 0 Å². The van der Waals surface area contributed by atoms with Gasteiger partial charge in [-0.3, -0.25) is 0 Å². The smallest absolute Gasteiger partial charge is 0.106 e. The van der Waals surface area contributed by atoms with Crippen LogP contribution in [0.5, 0.6) is 0 Å². The molecule has 0 saturated carbocycles. The molecular weight excluding hydrogens is 266 g/mol. The monoisotopic (exact) mass is 275 g/mol. The minimum absolute atomic E-state index is 0.165. The van der Waals surface area contributed by atoms with Gasteiger partial charge in [-0.2, -0.15) is 17.6 Å². The van der Waals surface area contributed by atoms with E-state index in [9.17, 15) is 10.2 Å². The van der Waals surface area contributed by atoms with Crippen molar-refractivity contribution in [2.75, 3.05) is 5.75 Å². The molecule has 0 spiro atoms. The van der Waals surface area contributed by atoms with Crippen molar-refractivity contribution in [1.29, 1.82) is 0 Å². The highest BCUT2D eigenvalue weighted by molar-refractivity contribution is 7.80.